The van der Waals surface area contributed by atoms with Gasteiger partial charge in [0.2, 0.25) is 0 Å². The molecule has 0 radical (unpaired) electrons. The number of nitrogens with two attached hydrogens (primary N) is 1. The fourth-order valence-corrected chi connectivity index (χ4v) is 7.89. The first kappa shape index (κ1) is 20.9. The van der Waals surface area contributed by atoms with Crippen molar-refractivity contribution < 1.29 is 19.5 Å². The van der Waals surface area contributed by atoms with Crippen molar-refractivity contribution in [3.63, 3.8) is 0 Å². The predicted molar refractivity (Wildman–Crippen MR) is 113 cm³/mol. The second-order valence-corrected chi connectivity index (χ2v) is 10.9. The number of carbonyl (C=O) groups is 3. The van der Waals surface area contributed by atoms with Crippen LogP contribution in [0.3, 0.4) is 0 Å². The molecule has 4 aliphatic carbocycles. The summed E-state index contributed by atoms with van der Waals surface area (Å²) < 4.78 is 0. The Hall–Kier alpha value is -1.40. The fraction of sp³-hybridized carbons (Fsp3) is 0.696. The second-order valence-electron chi connectivity index (χ2n) is 9.83. The zero-order valence-corrected chi connectivity index (χ0v) is 18.0. The number of ketones is 2. The zero-order chi connectivity index (χ0) is 21.0. The maximum absolute atomic E-state index is 12.7. The number of rotatable bonds is 5. The minimum Gasteiger partial charge on any atom is -0.480 e. The summed E-state index contributed by atoms with van der Waals surface area (Å²) in [6, 6.07) is -0.866. The quantitative estimate of drug-likeness (QED) is 0.713. The Balaban J connectivity index is 1.61. The summed E-state index contributed by atoms with van der Waals surface area (Å²) in [5.41, 5.74) is 6.55. The van der Waals surface area contributed by atoms with Gasteiger partial charge < -0.3 is 10.8 Å². The molecule has 0 spiro atoms. The molecule has 158 valence electrons. The Bertz CT molecular complexity index is 805. The zero-order valence-electron chi connectivity index (χ0n) is 17.2. The monoisotopic (exact) mass is 417 g/mol. The highest BCUT2D eigenvalue weighted by Gasteiger charge is 2.59. The van der Waals surface area contributed by atoms with Crippen molar-refractivity contribution in [2.24, 2.45) is 40.2 Å². The number of allylic oxidation sites excluding steroid dienone is 4. The molecule has 0 aliphatic heterocycles. The first-order valence-corrected chi connectivity index (χ1v) is 11.9. The Morgan fingerprint density at radius 1 is 1.31 bits per heavy atom. The lowest BCUT2D eigenvalue weighted by atomic mass is 9.47. The molecule has 7 atom stereocenters. The molecule has 3 N–H and O–H groups in total. The van der Waals surface area contributed by atoms with E-state index in [1.54, 1.807) is 17.8 Å². The summed E-state index contributed by atoms with van der Waals surface area (Å²) in [5, 5.41) is 9.06. The number of Topliss-reactive ketones (excluding diaryl/α,β-unsaturated/α-hetero) is 1. The summed E-state index contributed by atoms with van der Waals surface area (Å²) in [6.07, 6.45) is 10.3. The molecule has 5 nitrogen and oxygen atoms in total. The summed E-state index contributed by atoms with van der Waals surface area (Å²) in [5.74, 6) is 2.21. The van der Waals surface area contributed by atoms with Crippen LogP contribution in [0.2, 0.25) is 0 Å². The normalized spacial score (nSPS) is 42.0. The van der Waals surface area contributed by atoms with Crippen LogP contribution in [-0.2, 0) is 14.4 Å². The SMILES string of the molecule is C[C@]12C=CC(=O)C=C1C(CSC[C@H](N)C(=O)O)C[C@@H]1[C@@H]2CC[C@]2(C)C(=O)CC[C@@H]12. The Morgan fingerprint density at radius 3 is 2.79 bits per heavy atom. The fourth-order valence-electron chi connectivity index (χ4n) is 6.76. The molecule has 0 aromatic heterocycles. The number of carboxylic acid groups (broad SMARTS) is 1. The van der Waals surface area contributed by atoms with Gasteiger partial charge in [-0.3, -0.25) is 14.4 Å². The summed E-state index contributed by atoms with van der Waals surface area (Å²) in [7, 11) is 0. The van der Waals surface area contributed by atoms with Crippen LogP contribution in [0.15, 0.2) is 23.8 Å². The van der Waals surface area contributed by atoms with Crippen molar-refractivity contribution in [3.05, 3.63) is 23.8 Å². The van der Waals surface area contributed by atoms with Crippen molar-refractivity contribution >= 4 is 29.3 Å². The molecule has 4 aliphatic rings. The van der Waals surface area contributed by atoms with Gasteiger partial charge in [0, 0.05) is 23.0 Å². The largest absolute Gasteiger partial charge is 0.480 e. The molecule has 29 heavy (non-hydrogen) atoms. The van der Waals surface area contributed by atoms with E-state index < -0.39 is 12.0 Å². The number of carbonyl (C=O) groups excluding carboxylic acids is 2. The number of fused-ring (bicyclic) bond motifs is 5. The van der Waals surface area contributed by atoms with E-state index in [4.69, 9.17) is 10.8 Å². The highest BCUT2D eigenvalue weighted by Crippen LogP contribution is 2.64. The van der Waals surface area contributed by atoms with Crippen molar-refractivity contribution in [2.45, 2.75) is 52.0 Å². The third kappa shape index (κ3) is 3.32. The maximum Gasteiger partial charge on any atom is 0.321 e. The number of hydrogen-bond donors (Lipinski definition) is 2. The lowest BCUT2D eigenvalue weighted by Gasteiger charge is -2.57. The number of thioether (sulfide) groups is 1. The lowest BCUT2D eigenvalue weighted by Crippen LogP contribution is -2.52. The molecule has 3 fully saturated rings. The molecule has 0 heterocycles. The summed E-state index contributed by atoms with van der Waals surface area (Å²) in [4.78, 5) is 35.9. The molecule has 0 saturated heterocycles. The molecule has 0 bridgehead atoms. The third-order valence-electron chi connectivity index (χ3n) is 8.36. The minimum atomic E-state index is -0.978. The van der Waals surface area contributed by atoms with Crippen LogP contribution in [-0.4, -0.2) is 40.2 Å². The minimum absolute atomic E-state index is 0.0462. The molecule has 6 heteroatoms. The topological polar surface area (TPSA) is 97.5 Å². The van der Waals surface area contributed by atoms with Crippen LogP contribution in [0.4, 0.5) is 0 Å². The first-order valence-electron chi connectivity index (χ1n) is 10.7. The van der Waals surface area contributed by atoms with E-state index in [0.717, 1.165) is 31.4 Å². The van der Waals surface area contributed by atoms with Crippen LogP contribution in [0.25, 0.3) is 0 Å². The van der Waals surface area contributed by atoms with Crippen molar-refractivity contribution in [1.82, 2.24) is 0 Å². The smallest absolute Gasteiger partial charge is 0.321 e. The van der Waals surface area contributed by atoms with Crippen LogP contribution in [0, 0.1) is 34.5 Å². The molecule has 4 rings (SSSR count). The van der Waals surface area contributed by atoms with Gasteiger partial charge in [-0.25, -0.2) is 0 Å². The summed E-state index contributed by atoms with van der Waals surface area (Å²) >= 11 is 1.57. The molecule has 1 unspecified atom stereocenters. The third-order valence-corrected chi connectivity index (χ3v) is 9.59. The Labute approximate surface area is 176 Å². The number of hydrogen-bond acceptors (Lipinski definition) is 5. The van der Waals surface area contributed by atoms with Gasteiger partial charge in [0.15, 0.2) is 5.78 Å². The highest BCUT2D eigenvalue weighted by atomic mass is 32.2. The average Bonchev–Trinajstić information content (AvgIpc) is 2.97. The van der Waals surface area contributed by atoms with Gasteiger partial charge in [-0.2, -0.15) is 11.8 Å². The molecule has 0 aromatic carbocycles. The van der Waals surface area contributed by atoms with Gasteiger partial charge >= 0.3 is 5.97 Å². The Morgan fingerprint density at radius 2 is 2.07 bits per heavy atom. The number of carboxylic acids is 1. The van der Waals surface area contributed by atoms with Gasteiger partial charge in [-0.05, 0) is 67.3 Å². The first-order chi connectivity index (χ1) is 13.7. The van der Waals surface area contributed by atoms with E-state index in [-0.39, 0.29) is 22.5 Å². The molecule has 0 aromatic rings. The van der Waals surface area contributed by atoms with Crippen LogP contribution in [0.5, 0.6) is 0 Å². The van der Waals surface area contributed by atoms with Crippen molar-refractivity contribution in [3.8, 4) is 0 Å². The van der Waals surface area contributed by atoms with Gasteiger partial charge in [0.25, 0.3) is 0 Å². The van der Waals surface area contributed by atoms with Crippen LogP contribution in [0.1, 0.15) is 46.0 Å². The maximum atomic E-state index is 12.7. The summed E-state index contributed by atoms with van der Waals surface area (Å²) in [6.45, 7) is 4.44. The van der Waals surface area contributed by atoms with E-state index in [1.165, 1.54) is 5.57 Å². The van der Waals surface area contributed by atoms with E-state index in [9.17, 15) is 14.4 Å². The number of aliphatic carboxylic acids is 1. The van der Waals surface area contributed by atoms with Crippen LogP contribution >= 0.6 is 11.8 Å². The van der Waals surface area contributed by atoms with Gasteiger partial charge in [0.1, 0.15) is 11.8 Å². The van der Waals surface area contributed by atoms with E-state index in [0.29, 0.717) is 35.7 Å². The van der Waals surface area contributed by atoms with E-state index in [2.05, 4.69) is 19.9 Å². The predicted octanol–water partition coefficient (Wildman–Crippen LogP) is 3.23. The van der Waals surface area contributed by atoms with E-state index in [1.807, 2.05) is 6.08 Å². The highest BCUT2D eigenvalue weighted by molar-refractivity contribution is 7.99. The van der Waals surface area contributed by atoms with Crippen LogP contribution < -0.4 is 5.73 Å². The second kappa shape index (κ2) is 7.38. The lowest BCUT2D eigenvalue weighted by molar-refractivity contribution is -0.138. The van der Waals surface area contributed by atoms with Gasteiger partial charge in [-0.1, -0.05) is 25.5 Å². The standard InChI is InChI=1S/C23H31NO4S/c1-22-7-5-14(25)10-18(22)13(11-29-12-19(24)21(27)28)9-15-16-3-4-20(26)23(16,2)8-6-17(15)22/h5,7,10,13,15-17,19H,3-4,6,8-9,11-12,24H2,1-2H3,(H,27,28)/t13?,15-,16-,17-,19-,22+,23-/m0/s1. The molecular weight excluding hydrogens is 386 g/mol. The Kier molecular flexibility index (Phi) is 5.31. The average molecular weight is 418 g/mol. The molecular formula is C23H31NO4S. The van der Waals surface area contributed by atoms with Gasteiger partial charge in [0.05, 0.1) is 0 Å². The van der Waals surface area contributed by atoms with E-state index >= 15 is 0 Å². The van der Waals surface area contributed by atoms with Gasteiger partial charge in [-0.15, -0.1) is 0 Å². The molecule has 0 amide bonds. The van der Waals surface area contributed by atoms with Crippen molar-refractivity contribution in [1.29, 1.82) is 0 Å². The molecule has 3 saturated carbocycles. The van der Waals surface area contributed by atoms with Crippen molar-refractivity contribution in [2.75, 3.05) is 11.5 Å².